The molecule has 0 aliphatic carbocycles. The van der Waals surface area contributed by atoms with Gasteiger partial charge in [0.25, 0.3) is 5.91 Å². The van der Waals surface area contributed by atoms with Crippen LogP contribution < -0.4 is 5.32 Å². The van der Waals surface area contributed by atoms with Crippen molar-refractivity contribution in [1.29, 1.82) is 0 Å². The van der Waals surface area contributed by atoms with Crippen LogP contribution in [-0.2, 0) is 6.54 Å². The van der Waals surface area contributed by atoms with E-state index in [-0.39, 0.29) is 5.91 Å². The second kappa shape index (κ2) is 7.05. The zero-order valence-electron chi connectivity index (χ0n) is 14.1. The smallest absolute Gasteiger partial charge is 0.265 e. The second-order valence-corrected chi connectivity index (χ2v) is 7.70. The third-order valence-electron chi connectivity index (χ3n) is 4.14. The van der Waals surface area contributed by atoms with Gasteiger partial charge in [-0.2, -0.15) is 0 Å². The number of amides is 1. The number of aromatic nitrogens is 2. The number of halogens is 1. The summed E-state index contributed by atoms with van der Waals surface area (Å²) in [4.78, 5) is 19.0. The first-order valence-corrected chi connectivity index (χ1v) is 9.89. The van der Waals surface area contributed by atoms with Gasteiger partial charge in [0.2, 0.25) is 0 Å². The van der Waals surface area contributed by atoms with E-state index in [1.54, 1.807) is 0 Å². The number of benzene rings is 2. The highest BCUT2D eigenvalue weighted by atomic mass is 79.9. The Morgan fingerprint density at radius 3 is 2.69 bits per heavy atom. The molecular weight excluding hydrogens is 410 g/mol. The topological polar surface area (TPSA) is 46.9 Å². The van der Waals surface area contributed by atoms with Crippen LogP contribution in [0, 0.1) is 0 Å². The van der Waals surface area contributed by atoms with Crippen molar-refractivity contribution in [1.82, 2.24) is 9.55 Å². The van der Waals surface area contributed by atoms with Gasteiger partial charge in [-0.1, -0.05) is 24.3 Å². The Bertz CT molecular complexity index is 1100. The van der Waals surface area contributed by atoms with Gasteiger partial charge in [-0.3, -0.25) is 4.79 Å². The fourth-order valence-electron chi connectivity index (χ4n) is 2.91. The molecule has 130 valence electrons. The van der Waals surface area contributed by atoms with Gasteiger partial charge in [-0.05, 0) is 59.3 Å². The fourth-order valence-corrected chi connectivity index (χ4v) is 4.19. The number of fused-ring (bicyclic) bond motifs is 1. The lowest BCUT2D eigenvalue weighted by Gasteiger charge is -2.05. The molecule has 2 heterocycles. The minimum absolute atomic E-state index is 0.118. The summed E-state index contributed by atoms with van der Waals surface area (Å²) in [6, 6.07) is 19.5. The summed E-state index contributed by atoms with van der Waals surface area (Å²) < 4.78 is 3.04. The van der Waals surface area contributed by atoms with E-state index in [2.05, 4.69) is 38.8 Å². The van der Waals surface area contributed by atoms with Gasteiger partial charge < -0.3 is 9.88 Å². The lowest BCUT2D eigenvalue weighted by atomic mass is 10.3. The lowest BCUT2D eigenvalue weighted by molar-refractivity contribution is 0.103. The molecule has 4 nitrogen and oxygen atoms in total. The Balaban J connectivity index is 1.66. The molecule has 0 spiro atoms. The lowest BCUT2D eigenvalue weighted by Crippen LogP contribution is -2.10. The Labute approximate surface area is 163 Å². The van der Waals surface area contributed by atoms with Gasteiger partial charge in [-0.25, -0.2) is 4.98 Å². The molecule has 0 aliphatic heterocycles. The Morgan fingerprint density at radius 2 is 1.88 bits per heavy atom. The van der Waals surface area contributed by atoms with Crippen LogP contribution in [0.15, 0.2) is 65.1 Å². The molecule has 4 rings (SSSR count). The molecule has 2 aromatic carbocycles. The minimum atomic E-state index is -0.118. The van der Waals surface area contributed by atoms with Crippen molar-refractivity contribution in [2.24, 2.45) is 0 Å². The summed E-state index contributed by atoms with van der Waals surface area (Å²) in [6.07, 6.45) is 0. The minimum Gasteiger partial charge on any atom is -0.324 e. The molecule has 0 aliphatic rings. The third kappa shape index (κ3) is 3.06. The number of carbonyl (C=O) groups is 1. The average molecular weight is 426 g/mol. The van der Waals surface area contributed by atoms with E-state index in [1.165, 1.54) is 11.3 Å². The van der Waals surface area contributed by atoms with Crippen molar-refractivity contribution in [3.8, 4) is 10.7 Å². The summed E-state index contributed by atoms with van der Waals surface area (Å²) in [5, 5.41) is 2.94. The molecule has 0 atom stereocenters. The van der Waals surface area contributed by atoms with Gasteiger partial charge in [0, 0.05) is 11.0 Å². The van der Waals surface area contributed by atoms with Gasteiger partial charge in [0.1, 0.15) is 0 Å². The van der Waals surface area contributed by atoms with E-state index in [9.17, 15) is 4.79 Å². The predicted octanol–water partition coefficient (Wildman–Crippen LogP) is 5.80. The number of para-hydroxylation sites is 3. The summed E-state index contributed by atoms with van der Waals surface area (Å²) in [5.74, 6) is 0.783. The summed E-state index contributed by atoms with van der Waals surface area (Å²) >= 11 is 4.91. The van der Waals surface area contributed by atoms with E-state index in [0.717, 1.165) is 38.4 Å². The standard InChI is InChI=1S/C20H16BrN3OS/c1-2-24-16-10-6-5-9-15(16)22-19(24)17-11-12-18(26-17)20(25)23-14-8-4-3-7-13(14)21/h3-12H,2H2,1H3,(H,23,25). The highest BCUT2D eigenvalue weighted by Crippen LogP contribution is 2.31. The maximum Gasteiger partial charge on any atom is 0.265 e. The van der Waals surface area contributed by atoms with Crippen molar-refractivity contribution in [3.05, 3.63) is 70.0 Å². The number of imidazole rings is 1. The number of nitrogens with one attached hydrogen (secondary N) is 1. The van der Waals surface area contributed by atoms with Gasteiger partial charge in [0.05, 0.1) is 26.5 Å². The van der Waals surface area contributed by atoms with Crippen LogP contribution in [0.25, 0.3) is 21.7 Å². The van der Waals surface area contributed by atoms with Crippen LogP contribution >= 0.6 is 27.3 Å². The number of thiophene rings is 1. The van der Waals surface area contributed by atoms with Crippen molar-refractivity contribution in [2.45, 2.75) is 13.5 Å². The van der Waals surface area contributed by atoms with Crippen LogP contribution in [0.1, 0.15) is 16.6 Å². The van der Waals surface area contributed by atoms with E-state index >= 15 is 0 Å². The monoisotopic (exact) mass is 425 g/mol. The van der Waals surface area contributed by atoms with Crippen LogP contribution in [0.4, 0.5) is 5.69 Å². The number of hydrogen-bond acceptors (Lipinski definition) is 3. The quantitative estimate of drug-likeness (QED) is 0.448. The summed E-state index contributed by atoms with van der Waals surface area (Å²) in [6.45, 7) is 2.93. The maximum atomic E-state index is 12.6. The number of nitrogens with zero attached hydrogens (tertiary/aromatic N) is 2. The van der Waals surface area contributed by atoms with Crippen LogP contribution in [0.5, 0.6) is 0 Å². The molecule has 0 radical (unpaired) electrons. The second-order valence-electron chi connectivity index (χ2n) is 5.77. The zero-order valence-corrected chi connectivity index (χ0v) is 16.5. The molecule has 6 heteroatoms. The summed E-state index contributed by atoms with van der Waals surface area (Å²) in [7, 11) is 0. The predicted molar refractivity (Wildman–Crippen MR) is 111 cm³/mol. The average Bonchev–Trinajstić information content (AvgIpc) is 3.27. The van der Waals surface area contributed by atoms with Crippen molar-refractivity contribution >= 4 is 49.9 Å². The largest absolute Gasteiger partial charge is 0.324 e. The molecule has 2 aromatic heterocycles. The third-order valence-corrected chi connectivity index (χ3v) is 5.91. The first kappa shape index (κ1) is 17.0. The molecular formula is C20H16BrN3OS. The number of anilines is 1. The van der Waals surface area contributed by atoms with Crippen molar-refractivity contribution in [2.75, 3.05) is 5.32 Å². The zero-order chi connectivity index (χ0) is 18.1. The molecule has 0 saturated carbocycles. The van der Waals surface area contributed by atoms with E-state index in [1.807, 2.05) is 54.6 Å². The molecule has 1 amide bonds. The van der Waals surface area contributed by atoms with Gasteiger partial charge in [0.15, 0.2) is 5.82 Å². The maximum absolute atomic E-state index is 12.6. The number of hydrogen-bond donors (Lipinski definition) is 1. The first-order chi connectivity index (χ1) is 12.7. The summed E-state index contributed by atoms with van der Waals surface area (Å²) in [5.41, 5.74) is 2.84. The van der Waals surface area contributed by atoms with E-state index in [0.29, 0.717) is 4.88 Å². The molecule has 0 unspecified atom stereocenters. The van der Waals surface area contributed by atoms with Gasteiger partial charge >= 0.3 is 0 Å². The molecule has 26 heavy (non-hydrogen) atoms. The molecule has 0 fully saturated rings. The van der Waals surface area contributed by atoms with E-state index in [4.69, 9.17) is 4.98 Å². The van der Waals surface area contributed by atoms with Crippen LogP contribution in [0.2, 0.25) is 0 Å². The highest BCUT2D eigenvalue weighted by molar-refractivity contribution is 9.10. The fraction of sp³-hybridized carbons (Fsp3) is 0.100. The van der Waals surface area contributed by atoms with Crippen LogP contribution in [0.3, 0.4) is 0 Å². The molecule has 0 saturated heterocycles. The van der Waals surface area contributed by atoms with Crippen molar-refractivity contribution in [3.63, 3.8) is 0 Å². The first-order valence-electron chi connectivity index (χ1n) is 8.28. The highest BCUT2D eigenvalue weighted by Gasteiger charge is 2.16. The molecule has 4 aromatic rings. The Kier molecular flexibility index (Phi) is 4.61. The SMILES string of the molecule is CCn1c(-c2ccc(C(=O)Nc3ccccc3Br)s2)nc2ccccc21. The van der Waals surface area contributed by atoms with Crippen LogP contribution in [-0.4, -0.2) is 15.5 Å². The van der Waals surface area contributed by atoms with Crippen molar-refractivity contribution < 1.29 is 4.79 Å². The molecule has 0 bridgehead atoms. The number of aryl methyl sites for hydroxylation is 1. The Morgan fingerprint density at radius 1 is 1.12 bits per heavy atom. The molecule has 1 N–H and O–H groups in total. The Hall–Kier alpha value is -2.44. The number of carbonyl (C=O) groups excluding carboxylic acids is 1. The normalized spacial score (nSPS) is 11.0. The number of rotatable bonds is 4. The van der Waals surface area contributed by atoms with Gasteiger partial charge in [-0.15, -0.1) is 11.3 Å². The van der Waals surface area contributed by atoms with E-state index < -0.39 is 0 Å².